The maximum atomic E-state index is 10.9. The van der Waals surface area contributed by atoms with E-state index in [9.17, 15) is 9.90 Å². The number of fused-ring (bicyclic) bond motifs is 1. The first-order valence-electron chi connectivity index (χ1n) is 9.00. The number of carbonyl (C=O) groups is 1. The molecule has 2 heterocycles. The molecule has 30 heavy (non-hydrogen) atoms. The molecule has 0 saturated carbocycles. The van der Waals surface area contributed by atoms with E-state index in [0.29, 0.717) is 28.1 Å². The Hall–Kier alpha value is -2.32. The number of ether oxygens (including phenoxy) is 1. The number of aromatic nitrogens is 3. The number of nitrogens with zero attached hydrogens (tertiary/aromatic N) is 3. The fourth-order valence-corrected chi connectivity index (χ4v) is 3.35. The van der Waals surface area contributed by atoms with Gasteiger partial charge in [0.25, 0.3) is 5.89 Å². The number of hydrogen-bond donors (Lipinski definition) is 0. The molecule has 148 valence electrons. The summed E-state index contributed by atoms with van der Waals surface area (Å²) in [6.45, 7) is 3.62. The molecule has 0 radical (unpaired) electrons. The van der Waals surface area contributed by atoms with E-state index in [4.69, 9.17) is 20.9 Å². The molecule has 0 saturated heterocycles. The van der Waals surface area contributed by atoms with Crippen LogP contribution in [0.3, 0.4) is 0 Å². The Morgan fingerprint density at radius 1 is 1.27 bits per heavy atom. The Morgan fingerprint density at radius 3 is 2.77 bits per heavy atom. The van der Waals surface area contributed by atoms with Crippen molar-refractivity contribution < 1.29 is 48.7 Å². The van der Waals surface area contributed by atoms with Crippen molar-refractivity contribution in [3.8, 4) is 28.6 Å². The number of rotatable bonds is 6. The van der Waals surface area contributed by atoms with Gasteiger partial charge in [-0.1, -0.05) is 28.9 Å². The summed E-state index contributed by atoms with van der Waals surface area (Å²) in [5.74, 6) is 0.153. The zero-order valence-electron chi connectivity index (χ0n) is 16.8. The van der Waals surface area contributed by atoms with E-state index in [1.807, 2.05) is 38.1 Å². The summed E-state index contributed by atoms with van der Waals surface area (Å²) in [7, 11) is 0. The summed E-state index contributed by atoms with van der Waals surface area (Å²) in [6.07, 6.45) is 1.70. The van der Waals surface area contributed by atoms with Gasteiger partial charge in [0.15, 0.2) is 0 Å². The summed E-state index contributed by atoms with van der Waals surface area (Å²) in [4.78, 5) is 15.4. The van der Waals surface area contributed by atoms with Gasteiger partial charge in [-0.2, -0.15) is 4.98 Å². The molecule has 0 spiro atoms. The van der Waals surface area contributed by atoms with Gasteiger partial charge in [-0.15, -0.1) is 0 Å². The smallest absolute Gasteiger partial charge is 0.548 e. The number of hydrogen-bond acceptors (Lipinski definition) is 6. The average molecular weight is 434 g/mol. The molecule has 0 atom stereocenters. The van der Waals surface area contributed by atoms with Crippen LogP contribution >= 0.6 is 11.6 Å². The summed E-state index contributed by atoms with van der Waals surface area (Å²) in [5, 5.41) is 16.3. The minimum Gasteiger partial charge on any atom is -0.548 e. The molecule has 0 unspecified atom stereocenters. The Labute approximate surface area is 199 Å². The molecule has 0 aliphatic carbocycles. The van der Waals surface area contributed by atoms with Crippen molar-refractivity contribution in [2.45, 2.75) is 26.5 Å². The molecule has 0 amide bonds. The van der Waals surface area contributed by atoms with E-state index in [-0.39, 0.29) is 42.2 Å². The van der Waals surface area contributed by atoms with Gasteiger partial charge in [0.1, 0.15) is 5.75 Å². The van der Waals surface area contributed by atoms with Crippen molar-refractivity contribution in [1.82, 2.24) is 14.7 Å². The normalized spacial score (nSPS) is 10.9. The molecule has 2 aromatic carbocycles. The molecular formula is C21H17ClN3NaO4. The van der Waals surface area contributed by atoms with Crippen LogP contribution in [0.2, 0.25) is 5.02 Å². The minimum atomic E-state index is -1.16. The monoisotopic (exact) mass is 433 g/mol. The van der Waals surface area contributed by atoms with Crippen molar-refractivity contribution in [3.05, 3.63) is 53.7 Å². The van der Waals surface area contributed by atoms with E-state index in [0.717, 1.165) is 16.5 Å². The molecule has 0 aliphatic heterocycles. The van der Waals surface area contributed by atoms with Crippen LogP contribution in [-0.4, -0.2) is 26.8 Å². The van der Waals surface area contributed by atoms with Crippen molar-refractivity contribution in [2.75, 3.05) is 0 Å². The largest absolute Gasteiger partial charge is 1.00 e. The van der Waals surface area contributed by atoms with Crippen LogP contribution in [-0.2, 0) is 11.3 Å². The molecular weight excluding hydrogens is 417 g/mol. The quantitative estimate of drug-likeness (QED) is 0.412. The molecule has 0 aliphatic rings. The maximum Gasteiger partial charge on any atom is 1.00 e. The van der Waals surface area contributed by atoms with E-state index in [1.165, 1.54) is 0 Å². The summed E-state index contributed by atoms with van der Waals surface area (Å²) in [5.41, 5.74) is 2.16. The van der Waals surface area contributed by atoms with Gasteiger partial charge in [-0.05, 0) is 44.2 Å². The van der Waals surface area contributed by atoms with Crippen LogP contribution in [0.4, 0.5) is 0 Å². The second kappa shape index (κ2) is 9.22. The molecule has 4 rings (SSSR count). The Kier molecular flexibility index (Phi) is 6.88. The Balaban J connectivity index is 0.00000256. The van der Waals surface area contributed by atoms with Gasteiger partial charge in [0.2, 0.25) is 5.82 Å². The van der Waals surface area contributed by atoms with Crippen molar-refractivity contribution in [1.29, 1.82) is 0 Å². The van der Waals surface area contributed by atoms with E-state index >= 15 is 0 Å². The van der Waals surface area contributed by atoms with Crippen molar-refractivity contribution >= 4 is 28.5 Å². The molecule has 2 aromatic heterocycles. The topological polar surface area (TPSA) is 93.2 Å². The van der Waals surface area contributed by atoms with Crippen LogP contribution in [0.5, 0.6) is 5.75 Å². The van der Waals surface area contributed by atoms with Gasteiger partial charge < -0.3 is 23.7 Å². The van der Waals surface area contributed by atoms with Gasteiger partial charge >= 0.3 is 29.6 Å². The van der Waals surface area contributed by atoms with Crippen LogP contribution in [0.25, 0.3) is 33.7 Å². The predicted octanol–water partition coefficient (Wildman–Crippen LogP) is 0.553. The average Bonchev–Trinajstić information content (AvgIpc) is 3.30. The second-order valence-corrected chi connectivity index (χ2v) is 7.20. The van der Waals surface area contributed by atoms with Gasteiger partial charge in [0, 0.05) is 28.2 Å². The first kappa shape index (κ1) is 22.4. The zero-order valence-corrected chi connectivity index (χ0v) is 19.5. The van der Waals surface area contributed by atoms with Crippen molar-refractivity contribution in [2.24, 2.45) is 0 Å². The third-order valence-corrected chi connectivity index (χ3v) is 4.62. The first-order valence-corrected chi connectivity index (χ1v) is 9.38. The minimum absolute atomic E-state index is 0. The predicted molar refractivity (Wildman–Crippen MR) is 106 cm³/mol. The standard InChI is InChI=1S/C21H18ClN3O4.Na/c1-12(2)28-18-7-6-13(10-16(18)22)21-23-20(24-29-21)15-4-3-5-17-14(15)8-9-25(17)11-19(26)27;/h3-10,12H,11H2,1-2H3,(H,26,27);/q;+1/p-1. The number of benzene rings is 2. The van der Waals surface area contributed by atoms with Crippen LogP contribution in [0.15, 0.2) is 53.2 Å². The van der Waals surface area contributed by atoms with Crippen molar-refractivity contribution in [3.63, 3.8) is 0 Å². The molecule has 4 aromatic rings. The fourth-order valence-electron chi connectivity index (χ4n) is 3.13. The van der Waals surface area contributed by atoms with Gasteiger partial charge in [-0.3, -0.25) is 0 Å². The number of carboxylic acids is 1. The maximum absolute atomic E-state index is 10.9. The van der Waals surface area contributed by atoms with E-state index in [1.54, 1.807) is 29.0 Å². The van der Waals surface area contributed by atoms with Gasteiger partial charge in [0.05, 0.1) is 23.6 Å². The summed E-state index contributed by atoms with van der Waals surface area (Å²) >= 11 is 6.30. The second-order valence-electron chi connectivity index (χ2n) is 6.79. The summed E-state index contributed by atoms with van der Waals surface area (Å²) < 4.78 is 12.7. The van der Waals surface area contributed by atoms with Gasteiger partial charge in [-0.25, -0.2) is 0 Å². The van der Waals surface area contributed by atoms with Crippen LogP contribution in [0.1, 0.15) is 13.8 Å². The number of halogens is 1. The van der Waals surface area contributed by atoms with E-state index < -0.39 is 5.97 Å². The molecule has 0 N–H and O–H groups in total. The Bertz CT molecular complexity index is 1200. The van der Waals surface area contributed by atoms with E-state index in [2.05, 4.69) is 10.1 Å². The van der Waals surface area contributed by atoms with Crippen LogP contribution < -0.4 is 39.4 Å². The fraction of sp³-hybridized carbons (Fsp3) is 0.190. The first-order chi connectivity index (χ1) is 13.9. The Morgan fingerprint density at radius 2 is 2.07 bits per heavy atom. The third kappa shape index (κ3) is 4.54. The third-order valence-electron chi connectivity index (χ3n) is 4.32. The molecule has 0 bridgehead atoms. The van der Waals surface area contributed by atoms with Crippen LogP contribution in [0, 0.1) is 0 Å². The molecule has 0 fully saturated rings. The number of carbonyl (C=O) groups excluding carboxylic acids is 1. The summed E-state index contributed by atoms with van der Waals surface area (Å²) in [6, 6.07) is 12.6. The number of aliphatic carboxylic acids is 1. The molecule has 9 heteroatoms. The zero-order chi connectivity index (χ0) is 20.5. The SMILES string of the molecule is CC(C)Oc1ccc(-c2nc(-c3cccc4c3ccn4CC(=O)[O-])no2)cc1Cl.[Na+]. The number of carboxylic acid groups (broad SMARTS) is 1. The molecule has 7 nitrogen and oxygen atoms in total.